The summed E-state index contributed by atoms with van der Waals surface area (Å²) in [7, 11) is -1.44. The van der Waals surface area contributed by atoms with E-state index < -0.39 is 10.8 Å². The highest BCUT2D eigenvalue weighted by Crippen LogP contribution is 2.26. The van der Waals surface area contributed by atoms with Gasteiger partial charge in [-0.1, -0.05) is 17.7 Å². The molecule has 0 saturated carbocycles. The van der Waals surface area contributed by atoms with Crippen molar-refractivity contribution in [1.82, 2.24) is 4.98 Å². The van der Waals surface area contributed by atoms with Crippen molar-refractivity contribution in [2.75, 3.05) is 0 Å². The van der Waals surface area contributed by atoms with E-state index in [0.717, 1.165) is 11.1 Å². The molecular weight excluding hydrogens is 318 g/mol. The summed E-state index contributed by atoms with van der Waals surface area (Å²) in [6, 6.07) is 12.3. The summed E-state index contributed by atoms with van der Waals surface area (Å²) in [6.07, 6.45) is 0. The van der Waals surface area contributed by atoms with Crippen LogP contribution in [0.5, 0.6) is 0 Å². The van der Waals surface area contributed by atoms with Crippen LogP contribution in [0.1, 0.15) is 11.1 Å². The minimum absolute atomic E-state index is 0.275. The molecule has 0 fully saturated rings. The van der Waals surface area contributed by atoms with Gasteiger partial charge in [-0.15, -0.1) is 0 Å². The summed E-state index contributed by atoms with van der Waals surface area (Å²) in [5.41, 5.74) is 2.43. The topological polar surface area (TPSA) is 49.9 Å². The largest absolute Gasteiger partial charge is 0.322 e. The van der Waals surface area contributed by atoms with Crippen LogP contribution < -0.4 is 5.56 Å². The number of rotatable bonds is 2. The number of benzene rings is 2. The summed E-state index contributed by atoms with van der Waals surface area (Å²) in [5, 5.41) is 1.24. The van der Waals surface area contributed by atoms with Crippen molar-refractivity contribution in [3.8, 4) is 0 Å². The summed E-state index contributed by atoms with van der Waals surface area (Å²) in [4.78, 5) is 15.7. The molecule has 22 heavy (non-hydrogen) atoms. The number of halogens is 1. The molecule has 0 amide bonds. The van der Waals surface area contributed by atoms with Gasteiger partial charge in [0.2, 0.25) is 5.56 Å². The zero-order chi connectivity index (χ0) is 15.9. The molecule has 1 unspecified atom stereocenters. The Morgan fingerprint density at radius 3 is 2.36 bits per heavy atom. The van der Waals surface area contributed by atoms with E-state index in [9.17, 15) is 9.00 Å². The van der Waals surface area contributed by atoms with Gasteiger partial charge in [-0.2, -0.15) is 0 Å². The van der Waals surface area contributed by atoms with Crippen LogP contribution in [0.4, 0.5) is 0 Å². The second kappa shape index (κ2) is 5.71. The third kappa shape index (κ3) is 2.85. The number of nitrogens with one attached hydrogen (secondary N) is 1. The van der Waals surface area contributed by atoms with Gasteiger partial charge in [-0.3, -0.25) is 4.79 Å². The minimum atomic E-state index is -1.44. The summed E-state index contributed by atoms with van der Waals surface area (Å²) in [6.45, 7) is 3.92. The van der Waals surface area contributed by atoms with Crippen LogP contribution in [0.25, 0.3) is 10.9 Å². The molecule has 1 atom stereocenters. The Morgan fingerprint density at radius 1 is 1.00 bits per heavy atom. The molecule has 3 nitrogen and oxygen atoms in total. The maximum absolute atomic E-state index is 12.9. The molecule has 0 saturated heterocycles. The van der Waals surface area contributed by atoms with Gasteiger partial charge in [0.25, 0.3) is 0 Å². The van der Waals surface area contributed by atoms with E-state index in [1.54, 1.807) is 18.2 Å². The molecule has 1 aromatic heterocycles. The predicted molar refractivity (Wildman–Crippen MR) is 90.2 cm³/mol. The lowest BCUT2D eigenvalue weighted by atomic mass is 10.2. The number of aryl methyl sites for hydroxylation is 2. The molecule has 2 aromatic carbocycles. The van der Waals surface area contributed by atoms with Gasteiger partial charge < -0.3 is 4.98 Å². The van der Waals surface area contributed by atoms with Gasteiger partial charge >= 0.3 is 0 Å². The highest BCUT2D eigenvalue weighted by Gasteiger charge is 2.14. The van der Waals surface area contributed by atoms with Crippen molar-refractivity contribution in [2.24, 2.45) is 0 Å². The molecule has 1 heterocycles. The Morgan fingerprint density at radius 2 is 1.68 bits per heavy atom. The lowest BCUT2D eigenvalue weighted by Crippen LogP contribution is -2.08. The fourth-order valence-corrected chi connectivity index (χ4v) is 4.11. The van der Waals surface area contributed by atoms with Crippen molar-refractivity contribution >= 4 is 33.3 Å². The van der Waals surface area contributed by atoms with Gasteiger partial charge in [-0.05, 0) is 55.3 Å². The highest BCUT2D eigenvalue weighted by molar-refractivity contribution is 7.85. The molecule has 0 aliphatic rings. The van der Waals surface area contributed by atoms with Crippen LogP contribution in [0, 0.1) is 13.8 Å². The van der Waals surface area contributed by atoms with Gasteiger partial charge in [0.15, 0.2) is 0 Å². The number of aromatic amines is 1. The van der Waals surface area contributed by atoms with E-state index >= 15 is 0 Å². The second-order valence-electron chi connectivity index (χ2n) is 5.28. The first-order valence-corrected chi connectivity index (χ1v) is 8.29. The van der Waals surface area contributed by atoms with Crippen molar-refractivity contribution in [3.05, 3.63) is 69.0 Å². The van der Waals surface area contributed by atoms with E-state index in [1.807, 2.05) is 32.0 Å². The first-order valence-electron chi connectivity index (χ1n) is 6.77. The lowest BCUT2D eigenvalue weighted by Gasteiger charge is -2.08. The molecule has 112 valence electrons. The maximum Gasteiger partial charge on any atom is 0.249 e. The molecule has 3 aromatic rings. The standard InChI is InChI=1S/C17H14ClNO2S/c1-10-5-11(2)7-13(6-10)22(21)16-9-17(20)19-15-4-3-12(18)8-14(15)16/h3-9H,1-2H3,(H,19,20). The fourth-order valence-electron chi connectivity index (χ4n) is 2.52. The highest BCUT2D eigenvalue weighted by atomic mass is 35.5. The number of H-pyrrole nitrogens is 1. The predicted octanol–water partition coefficient (Wildman–Crippen LogP) is 3.97. The summed E-state index contributed by atoms with van der Waals surface area (Å²) >= 11 is 6.04. The van der Waals surface area contributed by atoms with Gasteiger partial charge in [0, 0.05) is 26.9 Å². The molecule has 0 aliphatic heterocycles. The average Bonchev–Trinajstić information content (AvgIpc) is 2.45. The van der Waals surface area contributed by atoms with Crippen LogP contribution in [-0.4, -0.2) is 9.19 Å². The second-order valence-corrected chi connectivity index (χ2v) is 7.17. The maximum atomic E-state index is 12.9. The van der Waals surface area contributed by atoms with Crippen LogP contribution in [0.3, 0.4) is 0 Å². The number of fused-ring (bicyclic) bond motifs is 1. The average molecular weight is 332 g/mol. The molecular formula is C17H14ClNO2S. The minimum Gasteiger partial charge on any atom is -0.322 e. The SMILES string of the molecule is Cc1cc(C)cc(S(=O)c2cc(=O)[nH]c3ccc(Cl)cc23)c1. The first kappa shape index (κ1) is 15.0. The van der Waals surface area contributed by atoms with E-state index in [1.165, 1.54) is 6.07 Å². The molecule has 0 spiro atoms. The van der Waals surface area contributed by atoms with Crippen LogP contribution in [0.15, 0.2) is 57.1 Å². The number of aromatic nitrogens is 1. The van der Waals surface area contributed by atoms with E-state index in [4.69, 9.17) is 11.6 Å². The Balaban J connectivity index is 2.26. The first-order chi connectivity index (χ1) is 10.4. The third-order valence-electron chi connectivity index (χ3n) is 3.38. The smallest absolute Gasteiger partial charge is 0.249 e. The van der Waals surface area contributed by atoms with Crippen molar-refractivity contribution < 1.29 is 4.21 Å². The van der Waals surface area contributed by atoms with Crippen LogP contribution >= 0.6 is 11.6 Å². The zero-order valence-electron chi connectivity index (χ0n) is 12.1. The zero-order valence-corrected chi connectivity index (χ0v) is 13.7. The molecule has 0 radical (unpaired) electrons. The number of hydrogen-bond acceptors (Lipinski definition) is 2. The van der Waals surface area contributed by atoms with Crippen LogP contribution in [0.2, 0.25) is 5.02 Å². The van der Waals surface area contributed by atoms with Crippen molar-refractivity contribution in [1.29, 1.82) is 0 Å². The quantitative estimate of drug-likeness (QED) is 0.772. The third-order valence-corrected chi connectivity index (χ3v) is 5.01. The van der Waals surface area contributed by atoms with Crippen molar-refractivity contribution in [3.63, 3.8) is 0 Å². The Kier molecular flexibility index (Phi) is 3.89. The molecule has 1 N–H and O–H groups in total. The van der Waals surface area contributed by atoms with E-state index in [2.05, 4.69) is 4.98 Å². The van der Waals surface area contributed by atoms with E-state index in [-0.39, 0.29) is 5.56 Å². The lowest BCUT2D eigenvalue weighted by molar-refractivity contribution is 0.683. The van der Waals surface area contributed by atoms with Gasteiger partial charge in [0.05, 0.1) is 15.7 Å². The van der Waals surface area contributed by atoms with Gasteiger partial charge in [-0.25, -0.2) is 4.21 Å². The Hall–Kier alpha value is -1.91. The molecule has 5 heteroatoms. The van der Waals surface area contributed by atoms with Crippen molar-refractivity contribution in [2.45, 2.75) is 23.6 Å². The summed E-state index contributed by atoms with van der Waals surface area (Å²) in [5.74, 6) is 0. The monoisotopic (exact) mass is 331 g/mol. The summed E-state index contributed by atoms with van der Waals surface area (Å²) < 4.78 is 12.9. The van der Waals surface area contributed by atoms with Crippen LogP contribution in [-0.2, 0) is 10.8 Å². The van der Waals surface area contributed by atoms with Gasteiger partial charge in [0.1, 0.15) is 0 Å². The fraction of sp³-hybridized carbons (Fsp3) is 0.118. The van der Waals surface area contributed by atoms with E-state index in [0.29, 0.717) is 25.7 Å². The normalized spacial score (nSPS) is 12.5. The number of pyridine rings is 1. The molecule has 3 rings (SSSR count). The molecule has 0 aliphatic carbocycles. The molecule has 0 bridgehead atoms. The Labute approximate surface area is 135 Å². The Bertz CT molecular complexity index is 942. The number of hydrogen-bond donors (Lipinski definition) is 1.